The lowest BCUT2D eigenvalue weighted by Gasteiger charge is -2.26. The lowest BCUT2D eigenvalue weighted by atomic mass is 10.2. The van der Waals surface area contributed by atoms with Crippen molar-refractivity contribution in [1.82, 2.24) is 15.1 Å². The monoisotopic (exact) mass is 251 g/mol. The first-order valence-corrected chi connectivity index (χ1v) is 6.31. The van der Waals surface area contributed by atoms with E-state index in [2.05, 4.69) is 15.3 Å². The van der Waals surface area contributed by atoms with Crippen LogP contribution in [0.3, 0.4) is 0 Å². The minimum Gasteiger partial charge on any atom is -0.357 e. The largest absolute Gasteiger partial charge is 0.357 e. The third-order valence-corrected chi connectivity index (χ3v) is 3.59. The number of rotatable bonds is 3. The van der Waals surface area contributed by atoms with Crippen molar-refractivity contribution in [3.05, 3.63) is 11.3 Å². The summed E-state index contributed by atoms with van der Waals surface area (Å²) in [5.41, 5.74) is 7.78. The Morgan fingerprint density at radius 2 is 2.33 bits per heavy atom. The minimum absolute atomic E-state index is 0.0642. The first-order valence-electron chi connectivity index (χ1n) is 6.31. The predicted octanol–water partition coefficient (Wildman–Crippen LogP) is -0.0980. The fourth-order valence-electron chi connectivity index (χ4n) is 2.75. The Morgan fingerprint density at radius 1 is 1.61 bits per heavy atom. The first-order chi connectivity index (χ1) is 8.60. The van der Waals surface area contributed by atoms with Crippen LogP contribution in [-0.2, 0) is 18.4 Å². The quantitative estimate of drug-likeness (QED) is 0.786. The van der Waals surface area contributed by atoms with Crippen LogP contribution in [0.1, 0.15) is 24.1 Å². The molecule has 6 nitrogen and oxygen atoms in total. The minimum atomic E-state index is -0.102. The van der Waals surface area contributed by atoms with Crippen LogP contribution >= 0.6 is 0 Å². The summed E-state index contributed by atoms with van der Waals surface area (Å²) in [7, 11) is 3.58. The van der Waals surface area contributed by atoms with Gasteiger partial charge in [0, 0.05) is 32.7 Å². The highest BCUT2D eigenvalue weighted by Crippen LogP contribution is 2.29. The number of nitrogens with zero attached hydrogens (tertiary/aromatic N) is 3. The van der Waals surface area contributed by atoms with Crippen LogP contribution in [0.5, 0.6) is 0 Å². The summed E-state index contributed by atoms with van der Waals surface area (Å²) >= 11 is 0. The molecule has 1 atom stereocenters. The number of hydrogen-bond donors (Lipinski definition) is 2. The molecule has 1 aromatic heterocycles. The molecule has 0 saturated carbocycles. The van der Waals surface area contributed by atoms with Crippen LogP contribution in [0.4, 0.5) is 5.82 Å². The van der Waals surface area contributed by atoms with Crippen LogP contribution in [0.15, 0.2) is 0 Å². The maximum Gasteiger partial charge on any atom is 0.242 e. The maximum atomic E-state index is 11.9. The van der Waals surface area contributed by atoms with E-state index >= 15 is 0 Å². The van der Waals surface area contributed by atoms with Gasteiger partial charge in [0.25, 0.3) is 0 Å². The zero-order valence-corrected chi connectivity index (χ0v) is 11.2. The maximum absolute atomic E-state index is 11.9. The molecule has 0 bridgehead atoms. The van der Waals surface area contributed by atoms with E-state index in [0.29, 0.717) is 6.54 Å². The Hall–Kier alpha value is -1.56. The van der Waals surface area contributed by atoms with E-state index in [1.54, 1.807) is 7.05 Å². The molecule has 1 unspecified atom stereocenters. The number of aromatic nitrogens is 2. The van der Waals surface area contributed by atoms with Gasteiger partial charge in [0.05, 0.1) is 5.69 Å². The standard InChI is InChI=1S/C12H21N5O/c1-8-9(7-13)12(16(3)15-8)17-6-4-5-10(17)11(18)14-2/h10H,4-7,13H2,1-3H3,(H,14,18). The average molecular weight is 251 g/mol. The van der Waals surface area contributed by atoms with Crippen LogP contribution < -0.4 is 16.0 Å². The second-order valence-electron chi connectivity index (χ2n) is 4.68. The average Bonchev–Trinajstić information content (AvgIpc) is 2.91. The third kappa shape index (κ3) is 1.96. The van der Waals surface area contributed by atoms with E-state index in [9.17, 15) is 4.79 Å². The fraction of sp³-hybridized carbons (Fsp3) is 0.667. The topological polar surface area (TPSA) is 76.2 Å². The van der Waals surface area contributed by atoms with Crippen molar-refractivity contribution in [2.45, 2.75) is 32.4 Å². The summed E-state index contributed by atoms with van der Waals surface area (Å²) < 4.78 is 1.83. The van der Waals surface area contributed by atoms with Gasteiger partial charge in [0.2, 0.25) is 5.91 Å². The van der Waals surface area contributed by atoms with Crippen LogP contribution in [0, 0.1) is 6.92 Å². The second kappa shape index (κ2) is 4.97. The van der Waals surface area contributed by atoms with Crippen molar-refractivity contribution < 1.29 is 4.79 Å². The van der Waals surface area contributed by atoms with Crippen molar-refractivity contribution in [2.24, 2.45) is 12.8 Å². The van der Waals surface area contributed by atoms with Gasteiger partial charge in [-0.3, -0.25) is 9.48 Å². The molecule has 3 N–H and O–H groups in total. The number of hydrogen-bond acceptors (Lipinski definition) is 4. The molecule has 2 rings (SSSR count). The van der Waals surface area contributed by atoms with Gasteiger partial charge in [0.15, 0.2) is 0 Å². The van der Waals surface area contributed by atoms with Crippen molar-refractivity contribution in [2.75, 3.05) is 18.5 Å². The molecule has 1 fully saturated rings. The Morgan fingerprint density at radius 3 is 2.94 bits per heavy atom. The van der Waals surface area contributed by atoms with Crippen molar-refractivity contribution in [3.63, 3.8) is 0 Å². The van der Waals surface area contributed by atoms with Crippen LogP contribution in [0.25, 0.3) is 0 Å². The van der Waals surface area contributed by atoms with Gasteiger partial charge in [-0.05, 0) is 19.8 Å². The van der Waals surface area contributed by atoms with E-state index in [0.717, 1.165) is 36.5 Å². The molecule has 6 heteroatoms. The van der Waals surface area contributed by atoms with Gasteiger partial charge in [-0.25, -0.2) is 0 Å². The zero-order chi connectivity index (χ0) is 13.3. The number of nitrogens with two attached hydrogens (primary N) is 1. The molecule has 0 radical (unpaired) electrons. The lowest BCUT2D eigenvalue weighted by Crippen LogP contribution is -2.43. The van der Waals surface area contributed by atoms with Gasteiger partial charge in [-0.1, -0.05) is 0 Å². The summed E-state index contributed by atoms with van der Waals surface area (Å²) in [6.07, 6.45) is 1.90. The number of aryl methyl sites for hydroxylation is 2. The number of carbonyl (C=O) groups is 1. The summed E-state index contributed by atoms with van der Waals surface area (Å²) in [6, 6.07) is -0.102. The molecule has 0 aromatic carbocycles. The number of likely N-dealkylation sites (N-methyl/N-ethyl adjacent to an activating group) is 1. The van der Waals surface area contributed by atoms with E-state index in [1.807, 2.05) is 18.7 Å². The normalized spacial score (nSPS) is 19.3. The van der Waals surface area contributed by atoms with Crippen molar-refractivity contribution >= 4 is 11.7 Å². The van der Waals surface area contributed by atoms with Gasteiger partial charge >= 0.3 is 0 Å². The summed E-state index contributed by atoms with van der Waals surface area (Å²) in [6.45, 7) is 3.28. The Balaban J connectivity index is 2.38. The van der Waals surface area contributed by atoms with Crippen molar-refractivity contribution in [1.29, 1.82) is 0 Å². The molecular weight excluding hydrogens is 230 g/mol. The highest BCUT2D eigenvalue weighted by Gasteiger charge is 2.33. The Kier molecular flexibility index (Phi) is 3.56. The summed E-state index contributed by atoms with van der Waals surface area (Å²) in [5.74, 6) is 1.05. The number of amides is 1. The highest BCUT2D eigenvalue weighted by atomic mass is 16.2. The van der Waals surface area contributed by atoms with Crippen molar-refractivity contribution in [3.8, 4) is 0 Å². The van der Waals surface area contributed by atoms with Crippen LogP contribution in [0.2, 0.25) is 0 Å². The SMILES string of the molecule is CNC(=O)C1CCCN1c1c(CN)c(C)nn1C. The lowest BCUT2D eigenvalue weighted by molar-refractivity contribution is -0.121. The van der Waals surface area contributed by atoms with Gasteiger partial charge < -0.3 is 16.0 Å². The fourth-order valence-corrected chi connectivity index (χ4v) is 2.75. The molecule has 18 heavy (non-hydrogen) atoms. The smallest absolute Gasteiger partial charge is 0.242 e. The van der Waals surface area contributed by atoms with E-state index in [4.69, 9.17) is 5.73 Å². The molecule has 0 spiro atoms. The predicted molar refractivity (Wildman–Crippen MR) is 70.3 cm³/mol. The zero-order valence-electron chi connectivity index (χ0n) is 11.2. The number of nitrogens with one attached hydrogen (secondary N) is 1. The molecule has 100 valence electrons. The van der Waals surface area contributed by atoms with Gasteiger partial charge in [0.1, 0.15) is 11.9 Å². The third-order valence-electron chi connectivity index (χ3n) is 3.59. The number of anilines is 1. The highest BCUT2D eigenvalue weighted by molar-refractivity contribution is 5.85. The Labute approximate surface area is 107 Å². The first kappa shape index (κ1) is 12.9. The van der Waals surface area contributed by atoms with Crippen LogP contribution in [-0.4, -0.2) is 35.3 Å². The van der Waals surface area contributed by atoms with E-state index in [1.165, 1.54) is 0 Å². The Bertz CT molecular complexity index is 454. The molecule has 1 aliphatic heterocycles. The molecule has 1 saturated heterocycles. The summed E-state index contributed by atoms with van der Waals surface area (Å²) in [4.78, 5) is 14.0. The van der Waals surface area contributed by atoms with Gasteiger partial charge in [-0.2, -0.15) is 5.10 Å². The van der Waals surface area contributed by atoms with E-state index in [-0.39, 0.29) is 11.9 Å². The molecule has 1 aromatic rings. The van der Waals surface area contributed by atoms with E-state index < -0.39 is 0 Å². The van der Waals surface area contributed by atoms with Gasteiger partial charge in [-0.15, -0.1) is 0 Å². The number of carbonyl (C=O) groups excluding carboxylic acids is 1. The molecule has 1 aliphatic rings. The summed E-state index contributed by atoms with van der Waals surface area (Å²) in [5, 5.41) is 7.14. The second-order valence-corrected chi connectivity index (χ2v) is 4.68. The molecule has 0 aliphatic carbocycles. The molecular formula is C12H21N5O. The molecule has 2 heterocycles. The molecule has 1 amide bonds.